The van der Waals surface area contributed by atoms with Crippen molar-refractivity contribution in [3.63, 3.8) is 0 Å². The highest BCUT2D eigenvalue weighted by atomic mass is 35.5. The highest BCUT2D eigenvalue weighted by Crippen LogP contribution is 2.22. The van der Waals surface area contributed by atoms with Crippen LogP contribution in [0.4, 0.5) is 5.69 Å². The highest BCUT2D eigenvalue weighted by Gasteiger charge is 2.14. The van der Waals surface area contributed by atoms with Crippen molar-refractivity contribution >= 4 is 29.2 Å². The molecule has 1 N–H and O–H groups in total. The molecule has 148 valence electrons. The molecular formula is C23H20ClNO4. The molecule has 0 fully saturated rings. The summed E-state index contributed by atoms with van der Waals surface area (Å²) in [4.78, 5) is 24.4. The van der Waals surface area contributed by atoms with Crippen LogP contribution < -0.4 is 10.1 Å². The lowest BCUT2D eigenvalue weighted by Gasteiger charge is -2.12. The first-order valence-electron chi connectivity index (χ1n) is 8.95. The minimum Gasteiger partial charge on any atom is -0.489 e. The van der Waals surface area contributed by atoms with E-state index in [1.54, 1.807) is 49.4 Å². The van der Waals surface area contributed by atoms with Gasteiger partial charge < -0.3 is 14.8 Å². The van der Waals surface area contributed by atoms with E-state index >= 15 is 0 Å². The smallest absolute Gasteiger partial charge is 0.338 e. The van der Waals surface area contributed by atoms with Crippen LogP contribution in [0.15, 0.2) is 66.7 Å². The summed E-state index contributed by atoms with van der Waals surface area (Å²) in [5.41, 5.74) is 2.97. The number of esters is 1. The van der Waals surface area contributed by atoms with Crippen LogP contribution in [0.2, 0.25) is 5.02 Å². The molecule has 0 aliphatic heterocycles. The van der Waals surface area contributed by atoms with Gasteiger partial charge in [-0.3, -0.25) is 4.79 Å². The molecule has 0 saturated heterocycles. The Morgan fingerprint density at radius 3 is 2.38 bits per heavy atom. The summed E-state index contributed by atoms with van der Waals surface area (Å²) in [6.45, 7) is 2.10. The molecule has 0 heterocycles. The number of anilines is 1. The van der Waals surface area contributed by atoms with Crippen molar-refractivity contribution < 1.29 is 19.1 Å². The van der Waals surface area contributed by atoms with E-state index in [1.807, 2.05) is 24.3 Å². The van der Waals surface area contributed by atoms with E-state index in [-0.39, 0.29) is 5.91 Å². The van der Waals surface area contributed by atoms with Gasteiger partial charge in [0.2, 0.25) is 0 Å². The van der Waals surface area contributed by atoms with Crippen LogP contribution >= 0.6 is 11.6 Å². The number of nitrogens with one attached hydrogen (secondary N) is 1. The second-order valence-corrected chi connectivity index (χ2v) is 6.74. The molecule has 0 saturated carbocycles. The normalized spacial score (nSPS) is 10.3. The molecule has 1 amide bonds. The van der Waals surface area contributed by atoms with Gasteiger partial charge >= 0.3 is 5.97 Å². The largest absolute Gasteiger partial charge is 0.489 e. The summed E-state index contributed by atoms with van der Waals surface area (Å²) in [5, 5.41) is 3.47. The lowest BCUT2D eigenvalue weighted by Crippen LogP contribution is -2.14. The van der Waals surface area contributed by atoms with Gasteiger partial charge in [0.1, 0.15) is 12.4 Å². The molecular weight excluding hydrogens is 390 g/mol. The number of carbonyl (C=O) groups is 2. The van der Waals surface area contributed by atoms with Crippen LogP contribution in [-0.2, 0) is 11.3 Å². The van der Waals surface area contributed by atoms with Gasteiger partial charge in [-0.15, -0.1) is 0 Å². The van der Waals surface area contributed by atoms with Crippen LogP contribution in [0.25, 0.3) is 0 Å². The van der Waals surface area contributed by atoms with Crippen molar-refractivity contribution in [3.05, 3.63) is 94.0 Å². The molecule has 3 aromatic carbocycles. The average Bonchev–Trinajstić information content (AvgIpc) is 2.74. The topological polar surface area (TPSA) is 64.6 Å². The minimum atomic E-state index is -0.446. The van der Waals surface area contributed by atoms with E-state index in [1.165, 1.54) is 7.11 Å². The monoisotopic (exact) mass is 409 g/mol. The summed E-state index contributed by atoms with van der Waals surface area (Å²) in [6.07, 6.45) is 0. The van der Waals surface area contributed by atoms with Crippen molar-refractivity contribution in [2.75, 3.05) is 12.4 Å². The number of hydrogen-bond donors (Lipinski definition) is 1. The quantitative estimate of drug-likeness (QED) is 0.563. The zero-order valence-corrected chi connectivity index (χ0v) is 16.8. The lowest BCUT2D eigenvalue weighted by molar-refractivity contribution is 0.0599. The van der Waals surface area contributed by atoms with Gasteiger partial charge in [0.15, 0.2) is 0 Å². The average molecular weight is 410 g/mol. The standard InChI is InChI=1S/C23H20ClNO4/c1-15-19(23(27)28-2)7-5-9-21(15)25-22(26)16-10-12-18(13-11-16)29-14-17-6-3-4-8-20(17)24/h3-13H,14H2,1-2H3,(H,25,26). The molecule has 3 aromatic rings. The Hall–Kier alpha value is -3.31. The van der Waals surface area contributed by atoms with Crippen LogP contribution in [0.5, 0.6) is 5.75 Å². The van der Waals surface area contributed by atoms with E-state index in [9.17, 15) is 9.59 Å². The van der Waals surface area contributed by atoms with Crippen molar-refractivity contribution in [3.8, 4) is 5.75 Å². The second kappa shape index (κ2) is 9.26. The first-order chi connectivity index (χ1) is 14.0. The third kappa shape index (κ3) is 4.95. The molecule has 6 heteroatoms. The number of hydrogen-bond acceptors (Lipinski definition) is 4. The SMILES string of the molecule is COC(=O)c1cccc(NC(=O)c2ccc(OCc3ccccc3Cl)cc2)c1C. The van der Waals surface area contributed by atoms with E-state index in [2.05, 4.69) is 5.32 Å². The van der Waals surface area contributed by atoms with Gasteiger partial charge in [-0.05, 0) is 55.0 Å². The fourth-order valence-corrected chi connectivity index (χ4v) is 2.97. The highest BCUT2D eigenvalue weighted by molar-refractivity contribution is 6.31. The number of carbonyl (C=O) groups excluding carboxylic acids is 2. The summed E-state index contributed by atoms with van der Waals surface area (Å²) < 4.78 is 10.5. The zero-order chi connectivity index (χ0) is 20.8. The van der Waals surface area contributed by atoms with Crippen LogP contribution in [0.3, 0.4) is 0 Å². The van der Waals surface area contributed by atoms with Gasteiger partial charge in [0.05, 0.1) is 12.7 Å². The van der Waals surface area contributed by atoms with E-state index in [0.29, 0.717) is 39.8 Å². The van der Waals surface area contributed by atoms with E-state index < -0.39 is 5.97 Å². The fraction of sp³-hybridized carbons (Fsp3) is 0.130. The Kier molecular flexibility index (Phi) is 6.52. The van der Waals surface area contributed by atoms with Crippen molar-refractivity contribution in [2.45, 2.75) is 13.5 Å². The van der Waals surface area contributed by atoms with Gasteiger partial charge in [-0.1, -0.05) is 35.9 Å². The molecule has 0 radical (unpaired) electrons. The molecule has 29 heavy (non-hydrogen) atoms. The molecule has 3 rings (SSSR count). The van der Waals surface area contributed by atoms with Gasteiger partial charge in [-0.25, -0.2) is 4.79 Å². The van der Waals surface area contributed by atoms with Crippen LogP contribution in [-0.4, -0.2) is 19.0 Å². The Bertz CT molecular complexity index is 1030. The molecule has 0 bridgehead atoms. The van der Waals surface area contributed by atoms with Crippen molar-refractivity contribution in [2.24, 2.45) is 0 Å². The molecule has 0 aliphatic carbocycles. The zero-order valence-electron chi connectivity index (χ0n) is 16.1. The summed E-state index contributed by atoms with van der Waals surface area (Å²) >= 11 is 6.13. The van der Waals surface area contributed by atoms with Gasteiger partial charge in [0, 0.05) is 21.8 Å². The number of rotatable bonds is 6. The van der Waals surface area contributed by atoms with Crippen LogP contribution in [0, 0.1) is 6.92 Å². The summed E-state index contributed by atoms with van der Waals surface area (Å²) in [7, 11) is 1.32. The summed E-state index contributed by atoms with van der Waals surface area (Å²) in [5.74, 6) is -0.100. The van der Waals surface area contributed by atoms with Crippen molar-refractivity contribution in [1.82, 2.24) is 0 Å². The first kappa shape index (κ1) is 20.4. The molecule has 0 atom stereocenters. The number of benzene rings is 3. The third-order valence-corrected chi connectivity index (χ3v) is 4.82. The van der Waals surface area contributed by atoms with Crippen LogP contribution in [0.1, 0.15) is 31.8 Å². The predicted octanol–water partition coefficient (Wildman–Crippen LogP) is 5.27. The Morgan fingerprint density at radius 2 is 1.69 bits per heavy atom. The lowest BCUT2D eigenvalue weighted by atomic mass is 10.1. The Labute approximate surface area is 174 Å². The van der Waals surface area contributed by atoms with Crippen molar-refractivity contribution in [1.29, 1.82) is 0 Å². The fourth-order valence-electron chi connectivity index (χ4n) is 2.78. The Balaban J connectivity index is 1.67. The molecule has 0 unspecified atom stereocenters. The first-order valence-corrected chi connectivity index (χ1v) is 9.33. The second-order valence-electron chi connectivity index (χ2n) is 6.33. The van der Waals surface area contributed by atoms with E-state index in [4.69, 9.17) is 21.1 Å². The number of ether oxygens (including phenoxy) is 2. The molecule has 0 spiro atoms. The maximum Gasteiger partial charge on any atom is 0.338 e. The number of halogens is 1. The summed E-state index contributed by atoms with van der Waals surface area (Å²) in [6, 6.07) is 19.4. The minimum absolute atomic E-state index is 0.284. The van der Waals surface area contributed by atoms with Gasteiger partial charge in [0.25, 0.3) is 5.91 Å². The van der Waals surface area contributed by atoms with Gasteiger partial charge in [-0.2, -0.15) is 0 Å². The Morgan fingerprint density at radius 1 is 0.966 bits per heavy atom. The maximum atomic E-state index is 12.6. The number of amides is 1. The number of methoxy groups -OCH3 is 1. The molecule has 5 nitrogen and oxygen atoms in total. The van der Waals surface area contributed by atoms with E-state index in [0.717, 1.165) is 5.56 Å². The molecule has 0 aliphatic rings. The maximum absolute atomic E-state index is 12.6. The predicted molar refractivity (Wildman–Crippen MR) is 113 cm³/mol. The molecule has 0 aromatic heterocycles. The third-order valence-electron chi connectivity index (χ3n) is 4.46.